The Bertz CT molecular complexity index is 1180. The predicted octanol–water partition coefficient (Wildman–Crippen LogP) is 5.07. The van der Waals surface area contributed by atoms with Gasteiger partial charge >= 0.3 is 0 Å². The summed E-state index contributed by atoms with van der Waals surface area (Å²) in [5.41, 5.74) is 1.77. The molecule has 0 atom stereocenters. The van der Waals surface area contributed by atoms with E-state index in [1.165, 1.54) is 11.3 Å². The molecular formula is C20H16N2O2S2. The van der Waals surface area contributed by atoms with Crippen molar-refractivity contribution in [3.63, 3.8) is 0 Å². The first kappa shape index (κ1) is 16.8. The lowest BCUT2D eigenvalue weighted by molar-refractivity contribution is 0.601. The zero-order valence-corrected chi connectivity index (χ0v) is 15.6. The van der Waals surface area contributed by atoms with Crippen LogP contribution in [0.2, 0.25) is 0 Å². The van der Waals surface area contributed by atoms with Crippen LogP contribution in [-0.2, 0) is 10.0 Å². The molecule has 1 heterocycles. The number of aryl methyl sites for hydroxylation is 1. The minimum absolute atomic E-state index is 0.227. The van der Waals surface area contributed by atoms with E-state index in [1.54, 1.807) is 12.1 Å². The fraction of sp³-hybridized carbons (Fsp3) is 0.0500. The maximum absolute atomic E-state index is 12.8. The van der Waals surface area contributed by atoms with Crippen LogP contribution in [0.15, 0.2) is 77.7 Å². The van der Waals surface area contributed by atoms with Gasteiger partial charge in [-0.3, -0.25) is 4.72 Å². The molecule has 0 saturated carbocycles. The van der Waals surface area contributed by atoms with E-state index in [0.29, 0.717) is 5.13 Å². The third-order valence-electron chi connectivity index (χ3n) is 4.10. The molecule has 0 aliphatic rings. The van der Waals surface area contributed by atoms with E-state index in [4.69, 9.17) is 0 Å². The van der Waals surface area contributed by atoms with Gasteiger partial charge in [-0.05, 0) is 29.8 Å². The topological polar surface area (TPSA) is 59.1 Å². The molecule has 0 radical (unpaired) electrons. The Morgan fingerprint density at radius 2 is 1.58 bits per heavy atom. The summed E-state index contributed by atoms with van der Waals surface area (Å²) in [6.45, 7) is 1.94. The number of sulfonamides is 1. The summed E-state index contributed by atoms with van der Waals surface area (Å²) >= 11 is 1.33. The lowest BCUT2D eigenvalue weighted by Crippen LogP contribution is -2.12. The number of nitrogens with one attached hydrogen (secondary N) is 1. The summed E-state index contributed by atoms with van der Waals surface area (Å²) in [4.78, 5) is 5.67. The lowest BCUT2D eigenvalue weighted by Gasteiger charge is -2.06. The summed E-state index contributed by atoms with van der Waals surface area (Å²) in [6, 6.07) is 22.5. The van der Waals surface area contributed by atoms with Crippen molar-refractivity contribution in [2.45, 2.75) is 11.8 Å². The zero-order valence-electron chi connectivity index (χ0n) is 14.0. The molecule has 4 nitrogen and oxygen atoms in total. The molecule has 4 rings (SSSR count). The highest BCUT2D eigenvalue weighted by atomic mass is 32.2. The van der Waals surface area contributed by atoms with Crippen LogP contribution in [0.4, 0.5) is 5.13 Å². The van der Waals surface area contributed by atoms with Crippen LogP contribution >= 0.6 is 11.3 Å². The largest absolute Gasteiger partial charge is 0.263 e. The second-order valence-corrected chi connectivity index (χ2v) is 8.79. The Kier molecular flexibility index (Phi) is 4.22. The van der Waals surface area contributed by atoms with Gasteiger partial charge in [-0.1, -0.05) is 60.7 Å². The Labute approximate surface area is 156 Å². The molecule has 3 aromatic carbocycles. The van der Waals surface area contributed by atoms with E-state index in [0.717, 1.165) is 26.9 Å². The number of hydrogen-bond donors (Lipinski definition) is 1. The number of fused-ring (bicyclic) bond motifs is 1. The molecule has 0 aliphatic heterocycles. The highest BCUT2D eigenvalue weighted by molar-refractivity contribution is 7.93. The quantitative estimate of drug-likeness (QED) is 0.537. The smallest absolute Gasteiger partial charge is 0.255 e. The van der Waals surface area contributed by atoms with Crippen molar-refractivity contribution in [3.05, 3.63) is 77.7 Å². The lowest BCUT2D eigenvalue weighted by atomic mass is 10.1. The average Bonchev–Trinajstić information content (AvgIpc) is 3.01. The summed E-state index contributed by atoms with van der Waals surface area (Å²) in [7, 11) is -3.69. The highest BCUT2D eigenvalue weighted by Crippen LogP contribution is 2.31. The van der Waals surface area contributed by atoms with Gasteiger partial charge in [0.05, 0.1) is 10.6 Å². The molecular weight excluding hydrogens is 364 g/mol. The predicted molar refractivity (Wildman–Crippen MR) is 107 cm³/mol. The van der Waals surface area contributed by atoms with Gasteiger partial charge in [0.1, 0.15) is 0 Å². The van der Waals surface area contributed by atoms with Gasteiger partial charge in [-0.25, -0.2) is 13.4 Å². The number of anilines is 1. The highest BCUT2D eigenvalue weighted by Gasteiger charge is 2.18. The first-order valence-corrected chi connectivity index (χ1v) is 10.4. The molecule has 26 heavy (non-hydrogen) atoms. The number of nitrogens with zero attached hydrogens (tertiary/aromatic N) is 1. The Balaban J connectivity index is 1.67. The van der Waals surface area contributed by atoms with Gasteiger partial charge < -0.3 is 0 Å². The molecule has 0 saturated heterocycles. The van der Waals surface area contributed by atoms with Crippen LogP contribution in [0, 0.1) is 6.92 Å². The minimum atomic E-state index is -3.69. The van der Waals surface area contributed by atoms with Crippen LogP contribution in [0.5, 0.6) is 0 Å². The molecule has 0 unspecified atom stereocenters. The van der Waals surface area contributed by atoms with Gasteiger partial charge in [0.2, 0.25) is 0 Å². The molecule has 0 fully saturated rings. The molecule has 1 N–H and O–H groups in total. The van der Waals surface area contributed by atoms with Crippen molar-refractivity contribution in [2.75, 3.05) is 4.72 Å². The molecule has 130 valence electrons. The number of aromatic nitrogens is 1. The van der Waals surface area contributed by atoms with Crippen molar-refractivity contribution in [2.24, 2.45) is 0 Å². The van der Waals surface area contributed by atoms with Gasteiger partial charge in [0.15, 0.2) is 5.13 Å². The second kappa shape index (κ2) is 6.55. The minimum Gasteiger partial charge on any atom is -0.255 e. The second-order valence-electron chi connectivity index (χ2n) is 5.90. The molecule has 1 aromatic heterocycles. The van der Waals surface area contributed by atoms with Crippen LogP contribution in [-0.4, -0.2) is 13.4 Å². The third kappa shape index (κ3) is 3.21. The fourth-order valence-electron chi connectivity index (χ4n) is 2.81. The Morgan fingerprint density at radius 1 is 0.885 bits per heavy atom. The van der Waals surface area contributed by atoms with Crippen LogP contribution in [0.1, 0.15) is 4.88 Å². The van der Waals surface area contributed by atoms with E-state index in [9.17, 15) is 8.42 Å². The van der Waals surface area contributed by atoms with Crippen molar-refractivity contribution in [3.8, 4) is 11.3 Å². The molecule has 0 spiro atoms. The van der Waals surface area contributed by atoms with E-state index >= 15 is 0 Å². The summed E-state index contributed by atoms with van der Waals surface area (Å²) in [6.07, 6.45) is 0. The Hall–Kier alpha value is -2.70. The average molecular weight is 380 g/mol. The van der Waals surface area contributed by atoms with Crippen molar-refractivity contribution in [1.82, 2.24) is 4.98 Å². The third-order valence-corrected chi connectivity index (χ3v) is 6.45. The maximum Gasteiger partial charge on any atom is 0.263 e. The molecule has 0 bridgehead atoms. The van der Waals surface area contributed by atoms with Gasteiger partial charge in [0.25, 0.3) is 10.0 Å². The molecule has 0 aliphatic carbocycles. The van der Waals surface area contributed by atoms with E-state index in [-0.39, 0.29) is 4.90 Å². The monoisotopic (exact) mass is 380 g/mol. The Morgan fingerprint density at radius 3 is 2.35 bits per heavy atom. The van der Waals surface area contributed by atoms with Crippen molar-refractivity contribution >= 4 is 37.3 Å². The van der Waals surface area contributed by atoms with Crippen molar-refractivity contribution < 1.29 is 8.42 Å². The maximum atomic E-state index is 12.8. The van der Waals surface area contributed by atoms with Gasteiger partial charge in [-0.15, -0.1) is 11.3 Å². The standard InChI is InChI=1S/C20H16N2O2S2/c1-14-19(16-8-3-2-4-9-16)21-20(25-14)22-26(23,24)18-12-11-15-7-5-6-10-17(15)13-18/h2-13H,1H3,(H,21,22). The number of rotatable bonds is 4. The number of thiazole rings is 1. The van der Waals surface area contributed by atoms with E-state index < -0.39 is 10.0 Å². The van der Waals surface area contributed by atoms with Gasteiger partial charge in [0, 0.05) is 10.4 Å². The fourth-order valence-corrected chi connectivity index (χ4v) is 4.92. The number of benzene rings is 3. The molecule has 0 amide bonds. The number of hydrogen-bond acceptors (Lipinski definition) is 4. The van der Waals surface area contributed by atoms with Crippen LogP contribution < -0.4 is 4.72 Å². The normalized spacial score (nSPS) is 11.6. The zero-order chi connectivity index (χ0) is 18.1. The summed E-state index contributed by atoms with van der Waals surface area (Å²) in [5, 5.41) is 2.26. The molecule has 4 aromatic rings. The van der Waals surface area contributed by atoms with Crippen LogP contribution in [0.3, 0.4) is 0 Å². The molecule has 6 heteroatoms. The first-order valence-electron chi connectivity index (χ1n) is 8.07. The SMILES string of the molecule is Cc1sc(NS(=O)(=O)c2ccc3ccccc3c2)nc1-c1ccccc1. The van der Waals surface area contributed by atoms with Crippen LogP contribution in [0.25, 0.3) is 22.0 Å². The van der Waals surface area contributed by atoms with E-state index in [2.05, 4.69) is 9.71 Å². The van der Waals surface area contributed by atoms with Gasteiger partial charge in [-0.2, -0.15) is 0 Å². The summed E-state index contributed by atoms with van der Waals surface area (Å²) in [5.74, 6) is 0. The first-order chi connectivity index (χ1) is 12.5. The van der Waals surface area contributed by atoms with E-state index in [1.807, 2.05) is 67.6 Å². The van der Waals surface area contributed by atoms with Crippen molar-refractivity contribution in [1.29, 1.82) is 0 Å². The summed E-state index contributed by atoms with van der Waals surface area (Å²) < 4.78 is 28.1.